The summed E-state index contributed by atoms with van der Waals surface area (Å²) in [4.78, 5) is 32.1. The Kier molecular flexibility index (Phi) is 5.51. The van der Waals surface area contributed by atoms with E-state index >= 15 is 0 Å². The fourth-order valence-electron chi connectivity index (χ4n) is 3.27. The van der Waals surface area contributed by atoms with Gasteiger partial charge >= 0.3 is 0 Å². The summed E-state index contributed by atoms with van der Waals surface area (Å²) in [5.74, 6) is 0.467. The van der Waals surface area contributed by atoms with E-state index in [1.165, 1.54) is 13.0 Å². The van der Waals surface area contributed by atoms with Crippen molar-refractivity contribution >= 4 is 29.3 Å². The topological polar surface area (TPSA) is 91.0 Å². The van der Waals surface area contributed by atoms with Gasteiger partial charge in [0.1, 0.15) is 5.84 Å². The Morgan fingerprint density at radius 1 is 1.37 bits per heavy atom. The average Bonchev–Trinajstić information content (AvgIpc) is 2.67. The highest BCUT2D eigenvalue weighted by Gasteiger charge is 2.32. The van der Waals surface area contributed by atoms with Gasteiger partial charge in [-0.1, -0.05) is 18.2 Å². The number of aliphatic imine (C=N–C) groups is 1. The van der Waals surface area contributed by atoms with Crippen LogP contribution < -0.4 is 11.1 Å². The number of amides is 2. The molecule has 142 valence electrons. The molecule has 0 saturated carbocycles. The van der Waals surface area contributed by atoms with Crippen LogP contribution in [0.2, 0.25) is 5.02 Å². The van der Waals surface area contributed by atoms with Gasteiger partial charge in [0.05, 0.1) is 12.6 Å². The molecule has 0 aliphatic carbocycles. The number of halogens is 1. The molecule has 2 heterocycles. The predicted octanol–water partition coefficient (Wildman–Crippen LogP) is 1.41. The summed E-state index contributed by atoms with van der Waals surface area (Å²) in [6.45, 7) is 6.87. The Morgan fingerprint density at radius 2 is 2.15 bits per heavy atom. The van der Waals surface area contributed by atoms with Gasteiger partial charge in [-0.3, -0.25) is 14.6 Å². The number of nitrogens with zero attached hydrogens (tertiary/aromatic N) is 3. The number of nitrogens with two attached hydrogens (primary N) is 1. The molecule has 3 N–H and O–H groups in total. The Balaban J connectivity index is 1.97. The quantitative estimate of drug-likeness (QED) is 0.767. The monoisotopic (exact) mass is 387 g/mol. The zero-order valence-corrected chi connectivity index (χ0v) is 15.9. The van der Waals surface area contributed by atoms with Gasteiger partial charge in [0.25, 0.3) is 0 Å². The standard InChI is InChI=1S/C19H22ClN5O2/c1-3-18(27)25-5-4-24(12(2)26)11-17(25)13-6-14(8-15(20)7-13)19-22-9-16(21)10-23-19/h3,6-9,17H,1,4-5,10-11,21H2,2H3,(H,22,23)/t17-/m0/s1. The van der Waals surface area contributed by atoms with Crippen molar-refractivity contribution in [2.75, 3.05) is 26.2 Å². The van der Waals surface area contributed by atoms with Crippen molar-refractivity contribution in [1.82, 2.24) is 15.1 Å². The highest BCUT2D eigenvalue weighted by molar-refractivity contribution is 6.31. The van der Waals surface area contributed by atoms with Crippen molar-refractivity contribution in [3.8, 4) is 0 Å². The fourth-order valence-corrected chi connectivity index (χ4v) is 3.52. The van der Waals surface area contributed by atoms with Crippen molar-refractivity contribution in [3.05, 3.63) is 58.9 Å². The van der Waals surface area contributed by atoms with Gasteiger partial charge in [-0.25, -0.2) is 0 Å². The van der Waals surface area contributed by atoms with E-state index in [1.807, 2.05) is 12.1 Å². The van der Waals surface area contributed by atoms with Crippen LogP contribution >= 0.6 is 11.6 Å². The minimum atomic E-state index is -0.310. The van der Waals surface area contributed by atoms with Crippen molar-refractivity contribution in [3.63, 3.8) is 0 Å². The third-order valence-electron chi connectivity index (χ3n) is 4.68. The molecule has 0 radical (unpaired) electrons. The maximum atomic E-state index is 12.3. The molecule has 8 heteroatoms. The number of rotatable bonds is 3. The summed E-state index contributed by atoms with van der Waals surface area (Å²) in [6, 6.07) is 5.24. The molecule has 27 heavy (non-hydrogen) atoms. The second kappa shape index (κ2) is 7.84. The largest absolute Gasteiger partial charge is 0.399 e. The molecule has 0 aromatic heterocycles. The first-order chi connectivity index (χ1) is 12.9. The number of hydrogen-bond donors (Lipinski definition) is 2. The first-order valence-corrected chi connectivity index (χ1v) is 9.01. The summed E-state index contributed by atoms with van der Waals surface area (Å²) in [7, 11) is 0. The summed E-state index contributed by atoms with van der Waals surface area (Å²) in [5, 5.41) is 3.59. The van der Waals surface area contributed by atoms with E-state index in [-0.39, 0.29) is 17.9 Å². The maximum Gasteiger partial charge on any atom is 0.246 e. The van der Waals surface area contributed by atoms with Gasteiger partial charge in [0.2, 0.25) is 11.8 Å². The van der Waals surface area contributed by atoms with Crippen molar-refractivity contribution in [2.45, 2.75) is 13.0 Å². The first-order valence-electron chi connectivity index (χ1n) is 8.64. The summed E-state index contributed by atoms with van der Waals surface area (Å²) in [6.07, 6.45) is 3.00. The number of amidine groups is 1. The highest BCUT2D eigenvalue weighted by atomic mass is 35.5. The van der Waals surface area contributed by atoms with E-state index in [0.29, 0.717) is 42.7 Å². The molecule has 1 aromatic rings. The zero-order valence-electron chi connectivity index (χ0n) is 15.1. The zero-order chi connectivity index (χ0) is 19.6. The lowest BCUT2D eigenvalue weighted by molar-refractivity contribution is -0.139. The van der Waals surface area contributed by atoms with Crippen LogP contribution in [-0.4, -0.2) is 53.6 Å². The fraction of sp³-hybridized carbons (Fsp3) is 0.316. The molecule has 1 atom stereocenters. The number of piperazine rings is 1. The lowest BCUT2D eigenvalue weighted by Crippen LogP contribution is -2.51. The lowest BCUT2D eigenvalue weighted by atomic mass is 9.99. The van der Waals surface area contributed by atoms with Crippen LogP contribution in [0.3, 0.4) is 0 Å². The normalized spacial score (nSPS) is 19.7. The molecule has 0 unspecified atom stereocenters. The molecule has 1 aromatic carbocycles. The Morgan fingerprint density at radius 3 is 2.78 bits per heavy atom. The summed E-state index contributed by atoms with van der Waals surface area (Å²) in [5.41, 5.74) is 8.02. The highest BCUT2D eigenvalue weighted by Crippen LogP contribution is 2.29. The number of carbonyl (C=O) groups excluding carboxylic acids is 2. The molecule has 3 rings (SSSR count). The van der Waals surface area contributed by atoms with Crippen LogP contribution in [0.15, 0.2) is 47.7 Å². The van der Waals surface area contributed by atoms with E-state index < -0.39 is 0 Å². The second-order valence-electron chi connectivity index (χ2n) is 6.52. The molecule has 0 bridgehead atoms. The Hall–Kier alpha value is -2.80. The first kappa shape index (κ1) is 19.0. The van der Waals surface area contributed by atoms with Crippen LogP contribution in [0.1, 0.15) is 24.1 Å². The molecule has 1 saturated heterocycles. The predicted molar refractivity (Wildman–Crippen MR) is 105 cm³/mol. The van der Waals surface area contributed by atoms with Gasteiger partial charge in [0.15, 0.2) is 0 Å². The third-order valence-corrected chi connectivity index (χ3v) is 4.89. The average molecular weight is 388 g/mol. The van der Waals surface area contributed by atoms with Crippen LogP contribution in [0.5, 0.6) is 0 Å². The van der Waals surface area contributed by atoms with E-state index in [1.54, 1.807) is 22.1 Å². The smallest absolute Gasteiger partial charge is 0.246 e. The lowest BCUT2D eigenvalue weighted by Gasteiger charge is -2.41. The molecular weight excluding hydrogens is 366 g/mol. The Bertz CT molecular complexity index is 849. The maximum absolute atomic E-state index is 12.3. The van der Waals surface area contributed by atoms with E-state index in [2.05, 4.69) is 16.9 Å². The molecular formula is C19H22ClN5O2. The van der Waals surface area contributed by atoms with Gasteiger partial charge in [-0.2, -0.15) is 0 Å². The minimum absolute atomic E-state index is 0.0214. The molecule has 2 amide bonds. The van der Waals surface area contributed by atoms with Crippen LogP contribution in [0.4, 0.5) is 0 Å². The number of carbonyl (C=O) groups is 2. The van der Waals surface area contributed by atoms with Crippen molar-refractivity contribution < 1.29 is 9.59 Å². The number of hydrogen-bond acceptors (Lipinski definition) is 5. The molecule has 2 aliphatic heterocycles. The summed E-state index contributed by atoms with van der Waals surface area (Å²) >= 11 is 6.35. The molecule has 7 nitrogen and oxygen atoms in total. The van der Waals surface area contributed by atoms with E-state index in [4.69, 9.17) is 17.3 Å². The van der Waals surface area contributed by atoms with Crippen molar-refractivity contribution in [1.29, 1.82) is 0 Å². The van der Waals surface area contributed by atoms with Gasteiger partial charge in [-0.05, 0) is 29.8 Å². The third kappa shape index (κ3) is 4.14. The van der Waals surface area contributed by atoms with Gasteiger partial charge in [0, 0.05) is 49.0 Å². The van der Waals surface area contributed by atoms with Crippen LogP contribution in [-0.2, 0) is 9.59 Å². The van der Waals surface area contributed by atoms with Crippen LogP contribution in [0, 0.1) is 0 Å². The molecule has 0 spiro atoms. The van der Waals surface area contributed by atoms with E-state index in [9.17, 15) is 9.59 Å². The molecule has 2 aliphatic rings. The van der Waals surface area contributed by atoms with Gasteiger partial charge in [-0.15, -0.1) is 0 Å². The summed E-state index contributed by atoms with van der Waals surface area (Å²) < 4.78 is 0. The van der Waals surface area contributed by atoms with Crippen molar-refractivity contribution in [2.24, 2.45) is 10.7 Å². The number of nitrogens with one attached hydrogen (secondary N) is 1. The van der Waals surface area contributed by atoms with E-state index in [0.717, 1.165) is 11.1 Å². The second-order valence-corrected chi connectivity index (χ2v) is 6.95. The molecule has 1 fully saturated rings. The minimum Gasteiger partial charge on any atom is -0.399 e. The van der Waals surface area contributed by atoms with Crippen LogP contribution in [0.25, 0.3) is 0 Å². The van der Waals surface area contributed by atoms with Gasteiger partial charge < -0.3 is 20.9 Å². The Labute approximate surface area is 163 Å². The SMILES string of the molecule is C=CC(=O)N1CCN(C(C)=O)C[C@H]1c1cc(Cl)cc(C2=NCC(N)=CN2)c1. The number of benzene rings is 1.